The van der Waals surface area contributed by atoms with Gasteiger partial charge in [-0.05, 0) is 6.42 Å². The molecule has 4 unspecified atom stereocenters. The molecule has 0 radical (unpaired) electrons. The number of esters is 2. The molecule has 3 heterocycles. The molecule has 3 fully saturated rings. The summed E-state index contributed by atoms with van der Waals surface area (Å²) in [4.78, 5) is 22.7. The van der Waals surface area contributed by atoms with Crippen molar-refractivity contribution in [1.82, 2.24) is 0 Å². The predicted octanol–water partition coefficient (Wildman–Crippen LogP) is -0.902. The van der Waals surface area contributed by atoms with E-state index in [1.807, 2.05) is 0 Å². The molecule has 0 spiro atoms. The minimum Gasteiger partial charge on any atom is -0.743 e. The van der Waals surface area contributed by atoms with Crippen LogP contribution < -0.4 is 0 Å². The molecule has 11 heteroatoms. The van der Waals surface area contributed by atoms with Crippen LogP contribution in [0.25, 0.3) is 0 Å². The van der Waals surface area contributed by atoms with E-state index in [0.717, 1.165) is 0 Å². The summed E-state index contributed by atoms with van der Waals surface area (Å²) >= 11 is 0. The number of hydrogen-bond donors (Lipinski definition) is 0. The molecule has 2 bridgehead atoms. The quantitative estimate of drug-likeness (QED) is 0.485. The maximum Gasteiger partial charge on any atom is 0.429 e. The summed E-state index contributed by atoms with van der Waals surface area (Å²) in [6.45, 7) is 0. The lowest BCUT2D eigenvalue weighted by molar-refractivity contribution is -0.231. The third kappa shape index (κ3) is 1.59. The zero-order valence-corrected chi connectivity index (χ0v) is 10.4. The second-order valence-corrected chi connectivity index (χ2v) is 6.24. The summed E-state index contributed by atoms with van der Waals surface area (Å²) in [5, 5.41) is -5.26. The van der Waals surface area contributed by atoms with E-state index in [4.69, 9.17) is 9.47 Å². The molecule has 3 aliphatic rings. The van der Waals surface area contributed by atoms with Gasteiger partial charge in [-0.2, -0.15) is 8.78 Å². The maximum absolute atomic E-state index is 13.1. The first-order chi connectivity index (χ1) is 9.07. The predicted molar refractivity (Wildman–Crippen MR) is 50.9 cm³/mol. The van der Waals surface area contributed by atoms with Crippen molar-refractivity contribution in [1.29, 1.82) is 0 Å². The first kappa shape index (κ1) is 13.6. The molecule has 3 rings (SSSR count). The van der Waals surface area contributed by atoms with Crippen LogP contribution >= 0.6 is 0 Å². The van der Waals surface area contributed by atoms with Crippen LogP contribution in [0.3, 0.4) is 0 Å². The molecule has 3 aliphatic heterocycles. The lowest BCUT2D eigenvalue weighted by Gasteiger charge is -2.29. The summed E-state index contributed by atoms with van der Waals surface area (Å²) in [6.07, 6.45) is -1.39. The molecule has 8 nitrogen and oxygen atoms in total. The van der Waals surface area contributed by atoms with Crippen LogP contribution in [0.2, 0.25) is 0 Å². The van der Waals surface area contributed by atoms with Gasteiger partial charge in [0.15, 0.2) is 10.1 Å². The summed E-state index contributed by atoms with van der Waals surface area (Å²) in [5.74, 6) is -6.14. The normalized spacial score (nSPS) is 39.0. The van der Waals surface area contributed by atoms with E-state index >= 15 is 0 Å². The fourth-order valence-electron chi connectivity index (χ4n) is 2.74. The highest BCUT2D eigenvalue weighted by Crippen LogP contribution is 2.53. The van der Waals surface area contributed by atoms with Gasteiger partial charge in [-0.25, -0.2) is 13.2 Å². The van der Waals surface area contributed by atoms with Gasteiger partial charge in [-0.3, -0.25) is 4.79 Å². The van der Waals surface area contributed by atoms with Crippen LogP contribution in [0.5, 0.6) is 0 Å². The van der Waals surface area contributed by atoms with Crippen LogP contribution in [0, 0.1) is 5.92 Å². The van der Waals surface area contributed by atoms with E-state index < -0.39 is 51.2 Å². The van der Waals surface area contributed by atoms with Gasteiger partial charge in [0.2, 0.25) is 0 Å². The van der Waals surface area contributed by atoms with E-state index in [1.165, 1.54) is 0 Å². The Balaban J connectivity index is 1.86. The van der Waals surface area contributed by atoms with E-state index in [-0.39, 0.29) is 6.42 Å². The van der Waals surface area contributed by atoms with Crippen LogP contribution in [0.4, 0.5) is 8.78 Å². The average Bonchev–Trinajstić information content (AvgIpc) is 2.86. The molecule has 0 aromatic heterocycles. The Kier molecular flexibility index (Phi) is 2.49. The second kappa shape index (κ2) is 3.65. The molecular formula is C9H7F2O8S-. The van der Waals surface area contributed by atoms with E-state index in [9.17, 15) is 31.3 Å². The molecule has 3 saturated heterocycles. The fraction of sp³-hybridized carbons (Fsp3) is 0.778. The van der Waals surface area contributed by atoms with Gasteiger partial charge in [-0.1, -0.05) is 0 Å². The van der Waals surface area contributed by atoms with Crippen LogP contribution in [0.1, 0.15) is 12.8 Å². The molecule has 0 N–H and O–H groups in total. The zero-order valence-electron chi connectivity index (χ0n) is 9.58. The Hall–Kier alpha value is -1.33. The van der Waals surface area contributed by atoms with E-state index in [2.05, 4.69) is 4.74 Å². The summed E-state index contributed by atoms with van der Waals surface area (Å²) < 4.78 is 71.6. The third-order valence-electron chi connectivity index (χ3n) is 3.56. The number of carbonyl (C=O) groups is 2. The minimum atomic E-state index is -6.23. The Morgan fingerprint density at radius 3 is 2.70 bits per heavy atom. The number of carbonyl (C=O) groups excluding carboxylic acids is 2. The Bertz CT molecular complexity index is 601. The molecule has 0 saturated carbocycles. The van der Waals surface area contributed by atoms with E-state index in [0.29, 0.717) is 6.42 Å². The lowest BCUT2D eigenvalue weighted by Crippen LogP contribution is -2.49. The molecule has 20 heavy (non-hydrogen) atoms. The van der Waals surface area contributed by atoms with Gasteiger partial charge in [0.25, 0.3) is 5.79 Å². The third-order valence-corrected chi connectivity index (χ3v) is 4.35. The van der Waals surface area contributed by atoms with Crippen LogP contribution in [-0.4, -0.2) is 48.2 Å². The highest BCUT2D eigenvalue weighted by atomic mass is 32.2. The first-order valence-electron chi connectivity index (χ1n) is 5.52. The molecule has 0 aliphatic carbocycles. The number of ether oxygens (including phenoxy) is 3. The average molecular weight is 313 g/mol. The minimum absolute atomic E-state index is 0.166. The number of halogens is 2. The van der Waals surface area contributed by atoms with Crippen molar-refractivity contribution in [3.63, 3.8) is 0 Å². The SMILES string of the molecule is O=C1OC2(OC(=O)C(F)(F)S(=O)(=O)[O-])CC3CC1C2O3. The van der Waals surface area contributed by atoms with Crippen LogP contribution in [-0.2, 0) is 33.9 Å². The van der Waals surface area contributed by atoms with Crippen molar-refractivity contribution in [3.05, 3.63) is 0 Å². The Morgan fingerprint density at radius 1 is 1.50 bits per heavy atom. The van der Waals surface area contributed by atoms with Gasteiger partial charge >= 0.3 is 17.2 Å². The number of hydrogen-bond acceptors (Lipinski definition) is 8. The monoisotopic (exact) mass is 313 g/mol. The molecule has 112 valence electrons. The second-order valence-electron chi connectivity index (χ2n) is 4.82. The lowest BCUT2D eigenvalue weighted by atomic mass is 9.88. The summed E-state index contributed by atoms with van der Waals surface area (Å²) in [5.41, 5.74) is 0. The van der Waals surface area contributed by atoms with Crippen molar-refractivity contribution in [2.75, 3.05) is 0 Å². The Labute approximate surface area is 110 Å². The van der Waals surface area contributed by atoms with Gasteiger partial charge in [-0.15, -0.1) is 0 Å². The fourth-order valence-corrected chi connectivity index (χ4v) is 2.99. The Morgan fingerprint density at radius 2 is 2.15 bits per heavy atom. The topological polar surface area (TPSA) is 119 Å². The smallest absolute Gasteiger partial charge is 0.429 e. The van der Waals surface area contributed by atoms with Crippen molar-refractivity contribution in [3.8, 4) is 0 Å². The number of fused-ring (bicyclic) bond motifs is 1. The number of rotatable bonds is 3. The summed E-state index contributed by atoms with van der Waals surface area (Å²) in [6, 6.07) is 0. The van der Waals surface area contributed by atoms with E-state index in [1.54, 1.807) is 0 Å². The molecule has 0 aromatic carbocycles. The van der Waals surface area contributed by atoms with Crippen molar-refractivity contribution in [2.45, 2.75) is 36.1 Å². The van der Waals surface area contributed by atoms with Crippen LogP contribution in [0.15, 0.2) is 0 Å². The highest BCUT2D eigenvalue weighted by Gasteiger charge is 2.71. The van der Waals surface area contributed by atoms with Crippen molar-refractivity contribution < 1.29 is 45.6 Å². The molecule has 0 amide bonds. The van der Waals surface area contributed by atoms with Gasteiger partial charge in [0.05, 0.1) is 18.4 Å². The van der Waals surface area contributed by atoms with Crippen molar-refractivity contribution in [2.24, 2.45) is 5.92 Å². The highest BCUT2D eigenvalue weighted by molar-refractivity contribution is 7.87. The molecule has 4 atom stereocenters. The molecular weight excluding hydrogens is 306 g/mol. The zero-order chi connectivity index (χ0) is 14.9. The summed E-state index contributed by atoms with van der Waals surface area (Å²) in [7, 11) is -6.23. The number of alkyl halides is 2. The van der Waals surface area contributed by atoms with Gasteiger partial charge < -0.3 is 18.8 Å². The van der Waals surface area contributed by atoms with Crippen molar-refractivity contribution >= 4 is 22.1 Å². The maximum atomic E-state index is 13.1. The van der Waals surface area contributed by atoms with Gasteiger partial charge in [0.1, 0.15) is 6.10 Å². The largest absolute Gasteiger partial charge is 0.743 e. The first-order valence-corrected chi connectivity index (χ1v) is 6.93. The molecule has 0 aromatic rings. The standard InChI is InChI=1S/C9H8F2O8S/c10-9(11,20(14,15)16)7(13)19-8-2-3-1-4(5(8)17-3)6(12)18-8/h3-5H,1-2H2,(H,14,15,16)/p-1. The van der Waals surface area contributed by atoms with Gasteiger partial charge in [0, 0.05) is 0 Å².